The number of unbranched alkanes of at least 4 members (excludes halogenated alkanes) is 16. The van der Waals surface area contributed by atoms with Crippen molar-refractivity contribution < 1.29 is 28.0 Å². The van der Waals surface area contributed by atoms with Gasteiger partial charge in [-0.05, 0) is 19.3 Å². The first-order valence-electron chi connectivity index (χ1n) is 14.5. The third-order valence-corrected chi connectivity index (χ3v) is 7.35. The number of carbonyl (C=O) groups excluding carboxylic acids is 1. The molecule has 7 nitrogen and oxygen atoms in total. The molecule has 0 spiro atoms. The molecule has 0 aromatic rings. The molecular weight excluding hydrogens is 478 g/mol. The lowest BCUT2D eigenvalue weighted by Gasteiger charge is -2.22. The van der Waals surface area contributed by atoms with E-state index >= 15 is 0 Å². The first-order valence-corrected chi connectivity index (χ1v) is 16.1. The van der Waals surface area contributed by atoms with Crippen LogP contribution in [0.3, 0.4) is 0 Å². The van der Waals surface area contributed by atoms with Gasteiger partial charge in [0.25, 0.3) is 10.1 Å². The summed E-state index contributed by atoms with van der Waals surface area (Å²) in [4.78, 5) is 12.4. The summed E-state index contributed by atoms with van der Waals surface area (Å²) < 4.78 is 32.1. The summed E-state index contributed by atoms with van der Waals surface area (Å²) in [6.07, 6.45) is 21.4. The monoisotopic (exact) mass is 533 g/mol. The Morgan fingerprint density at radius 3 is 1.67 bits per heavy atom. The van der Waals surface area contributed by atoms with Crippen molar-refractivity contribution in [1.29, 1.82) is 0 Å². The molecule has 0 bridgehead atoms. The average Bonchev–Trinajstić information content (AvgIpc) is 2.82. The lowest BCUT2D eigenvalue weighted by Crippen LogP contribution is -2.50. The highest BCUT2D eigenvalue weighted by Gasteiger charge is 2.27. The van der Waals surface area contributed by atoms with Gasteiger partial charge >= 0.3 is 0 Å². The Morgan fingerprint density at radius 1 is 0.750 bits per heavy atom. The minimum Gasteiger partial charge on any atom is -0.387 e. The Labute approximate surface area is 221 Å². The number of hydrogen-bond donors (Lipinski definition) is 4. The summed E-state index contributed by atoms with van der Waals surface area (Å²) in [5, 5.41) is 23.0. The van der Waals surface area contributed by atoms with E-state index in [2.05, 4.69) is 19.2 Å². The number of aliphatic hydroxyl groups is 2. The SMILES string of the molecule is CCCCCCCCCC/C=C/C(O)C(CS(=O)(=O)O)NC(=O)C(O)CCCCCCCCCCC. The molecule has 8 heteroatoms. The van der Waals surface area contributed by atoms with Crippen molar-refractivity contribution in [3.05, 3.63) is 12.2 Å². The zero-order valence-electron chi connectivity index (χ0n) is 23.0. The number of amides is 1. The van der Waals surface area contributed by atoms with Gasteiger partial charge in [0.2, 0.25) is 5.91 Å². The minimum atomic E-state index is -4.42. The van der Waals surface area contributed by atoms with Crippen molar-refractivity contribution in [2.45, 2.75) is 154 Å². The van der Waals surface area contributed by atoms with E-state index in [-0.39, 0.29) is 6.42 Å². The van der Waals surface area contributed by atoms with Gasteiger partial charge in [0, 0.05) is 0 Å². The highest BCUT2D eigenvalue weighted by atomic mass is 32.2. The van der Waals surface area contributed by atoms with Gasteiger partial charge in [-0.25, -0.2) is 0 Å². The third-order valence-electron chi connectivity index (χ3n) is 6.57. The van der Waals surface area contributed by atoms with E-state index in [9.17, 15) is 28.0 Å². The molecule has 0 saturated heterocycles. The summed E-state index contributed by atoms with van der Waals surface area (Å²) in [7, 11) is -4.42. The molecule has 4 N–H and O–H groups in total. The Morgan fingerprint density at radius 2 is 1.19 bits per heavy atom. The Kier molecular flexibility index (Phi) is 22.6. The molecule has 3 unspecified atom stereocenters. The van der Waals surface area contributed by atoms with Crippen LogP contribution in [0.4, 0.5) is 0 Å². The van der Waals surface area contributed by atoms with Crippen molar-refractivity contribution in [2.24, 2.45) is 0 Å². The molecule has 0 rings (SSSR count). The fourth-order valence-electron chi connectivity index (χ4n) is 4.28. The molecule has 36 heavy (non-hydrogen) atoms. The second kappa shape index (κ2) is 23.2. The van der Waals surface area contributed by atoms with Crippen molar-refractivity contribution in [1.82, 2.24) is 5.32 Å². The van der Waals surface area contributed by atoms with Gasteiger partial charge in [-0.1, -0.05) is 129 Å². The maximum Gasteiger partial charge on any atom is 0.267 e. The van der Waals surface area contributed by atoms with Crippen LogP contribution in [-0.2, 0) is 14.9 Å². The molecule has 0 aliphatic rings. The average molecular weight is 534 g/mol. The maximum atomic E-state index is 12.4. The summed E-state index contributed by atoms with van der Waals surface area (Å²) in [6.45, 7) is 4.40. The van der Waals surface area contributed by atoms with E-state index in [1.165, 1.54) is 76.7 Å². The van der Waals surface area contributed by atoms with Crippen LogP contribution in [0.2, 0.25) is 0 Å². The van der Waals surface area contributed by atoms with Gasteiger partial charge in [0.15, 0.2) is 0 Å². The van der Waals surface area contributed by atoms with Crippen LogP contribution in [0, 0.1) is 0 Å². The molecule has 0 aliphatic heterocycles. The lowest BCUT2D eigenvalue weighted by atomic mass is 10.0. The fraction of sp³-hybridized carbons (Fsp3) is 0.893. The highest BCUT2D eigenvalue weighted by molar-refractivity contribution is 7.85. The molecule has 0 aromatic heterocycles. The third kappa shape index (κ3) is 22.3. The van der Waals surface area contributed by atoms with Gasteiger partial charge in [0.1, 0.15) is 6.10 Å². The predicted octanol–water partition coefficient (Wildman–Crippen LogP) is 6.09. The van der Waals surface area contributed by atoms with E-state index in [1.807, 2.05) is 0 Å². The molecule has 0 aliphatic carbocycles. The number of rotatable bonds is 25. The Bertz CT molecular complexity index is 652. The van der Waals surface area contributed by atoms with E-state index in [4.69, 9.17) is 0 Å². The standard InChI is InChI=1S/C28H55NO6S/c1-3-5-7-9-11-13-15-16-18-20-22-26(30)25(24-36(33,34)35)29-28(32)27(31)23-21-19-17-14-12-10-8-6-4-2/h20,22,25-27,30-31H,3-19,21,23-24H2,1-2H3,(H,29,32)(H,33,34,35)/b22-20+. The van der Waals surface area contributed by atoms with E-state index in [0.29, 0.717) is 6.42 Å². The molecule has 0 radical (unpaired) electrons. The topological polar surface area (TPSA) is 124 Å². The van der Waals surface area contributed by atoms with Crippen LogP contribution in [0.1, 0.15) is 136 Å². The second-order valence-electron chi connectivity index (χ2n) is 10.2. The first-order chi connectivity index (χ1) is 17.2. The van der Waals surface area contributed by atoms with Crippen LogP contribution in [0.25, 0.3) is 0 Å². The van der Waals surface area contributed by atoms with E-state index < -0.39 is 40.0 Å². The van der Waals surface area contributed by atoms with Gasteiger partial charge < -0.3 is 15.5 Å². The molecule has 0 saturated carbocycles. The summed E-state index contributed by atoms with van der Waals surface area (Å²) in [5.74, 6) is -1.54. The van der Waals surface area contributed by atoms with E-state index in [1.54, 1.807) is 6.08 Å². The Hall–Kier alpha value is -0.960. The van der Waals surface area contributed by atoms with Crippen molar-refractivity contribution in [2.75, 3.05) is 5.75 Å². The van der Waals surface area contributed by atoms with Crippen LogP contribution in [0.5, 0.6) is 0 Å². The molecule has 0 aromatic carbocycles. The number of hydrogen-bond acceptors (Lipinski definition) is 5. The van der Waals surface area contributed by atoms with Crippen molar-refractivity contribution in [3.63, 3.8) is 0 Å². The Balaban J connectivity index is 4.32. The quantitative estimate of drug-likeness (QED) is 0.0640. The molecule has 1 amide bonds. The first kappa shape index (κ1) is 35.0. The van der Waals surface area contributed by atoms with Crippen LogP contribution in [-0.4, -0.2) is 53.1 Å². The molecule has 214 valence electrons. The number of carbonyl (C=O) groups is 1. The van der Waals surface area contributed by atoms with Gasteiger partial charge in [-0.3, -0.25) is 9.35 Å². The minimum absolute atomic E-state index is 0.282. The normalized spacial score (nSPS) is 14.7. The molecular formula is C28H55NO6S. The molecule has 0 heterocycles. The van der Waals surface area contributed by atoms with Gasteiger partial charge in [-0.2, -0.15) is 8.42 Å². The summed E-state index contributed by atoms with van der Waals surface area (Å²) in [5.41, 5.74) is 0. The largest absolute Gasteiger partial charge is 0.387 e. The zero-order chi connectivity index (χ0) is 27.1. The smallest absolute Gasteiger partial charge is 0.267 e. The van der Waals surface area contributed by atoms with Crippen molar-refractivity contribution in [3.8, 4) is 0 Å². The summed E-state index contributed by atoms with van der Waals surface area (Å²) >= 11 is 0. The molecule has 0 fully saturated rings. The predicted molar refractivity (Wildman–Crippen MR) is 149 cm³/mol. The lowest BCUT2D eigenvalue weighted by molar-refractivity contribution is -0.130. The number of allylic oxidation sites excluding steroid dienone is 1. The fourth-order valence-corrected chi connectivity index (χ4v) is 5.01. The van der Waals surface area contributed by atoms with E-state index in [0.717, 1.165) is 38.5 Å². The summed E-state index contributed by atoms with van der Waals surface area (Å²) in [6, 6.07) is -1.22. The zero-order valence-corrected chi connectivity index (χ0v) is 23.8. The second-order valence-corrected chi connectivity index (χ2v) is 11.7. The van der Waals surface area contributed by atoms with Crippen LogP contribution < -0.4 is 5.32 Å². The van der Waals surface area contributed by atoms with Crippen LogP contribution >= 0.6 is 0 Å². The number of aliphatic hydroxyl groups excluding tert-OH is 2. The van der Waals surface area contributed by atoms with Gasteiger partial charge in [-0.15, -0.1) is 0 Å². The van der Waals surface area contributed by atoms with Crippen LogP contribution in [0.15, 0.2) is 12.2 Å². The number of nitrogens with one attached hydrogen (secondary N) is 1. The van der Waals surface area contributed by atoms with Crippen molar-refractivity contribution >= 4 is 16.0 Å². The van der Waals surface area contributed by atoms with Gasteiger partial charge in [0.05, 0.1) is 17.9 Å². The molecule has 3 atom stereocenters. The highest BCUT2D eigenvalue weighted by Crippen LogP contribution is 2.13. The maximum absolute atomic E-state index is 12.4.